The van der Waals surface area contributed by atoms with Gasteiger partial charge in [0.25, 0.3) is 5.91 Å². The molecule has 1 unspecified atom stereocenters. The fourth-order valence-corrected chi connectivity index (χ4v) is 2.94. The Balaban J connectivity index is 1.80. The van der Waals surface area contributed by atoms with Crippen LogP contribution in [0.25, 0.3) is 0 Å². The zero-order valence-electron chi connectivity index (χ0n) is 12.6. The van der Waals surface area contributed by atoms with Crippen molar-refractivity contribution >= 4 is 17.7 Å². The number of carbonyl (C=O) groups excluding carboxylic acids is 3. The van der Waals surface area contributed by atoms with Crippen LogP contribution in [0.15, 0.2) is 18.2 Å². The monoisotopic (exact) mass is 318 g/mol. The number of imide groups is 1. The van der Waals surface area contributed by atoms with E-state index in [2.05, 4.69) is 5.32 Å². The molecule has 0 bridgehead atoms. The molecular weight excluding hydrogens is 300 g/mol. The predicted molar refractivity (Wildman–Crippen MR) is 79.7 cm³/mol. The van der Waals surface area contributed by atoms with Crippen molar-refractivity contribution in [3.05, 3.63) is 29.3 Å². The minimum absolute atomic E-state index is 0.0380. The summed E-state index contributed by atoms with van der Waals surface area (Å²) >= 11 is 0. The van der Waals surface area contributed by atoms with Gasteiger partial charge in [0.05, 0.1) is 13.2 Å². The Bertz CT molecular complexity index is 658. The Hall–Kier alpha value is -2.41. The Morgan fingerprint density at radius 1 is 1.30 bits per heavy atom. The van der Waals surface area contributed by atoms with Crippen molar-refractivity contribution in [2.75, 3.05) is 13.2 Å². The standard InChI is InChI=1S/C16H18N2O5/c19-7-2-8-23-13-4-1-3-10-11(13)9-18(16(10)22)12-5-6-14(20)17-15(12)21/h1,3-4,12,19H,2,5-9H2,(H,17,20,21). The number of hydrogen-bond donors (Lipinski definition) is 2. The molecule has 1 aromatic rings. The molecule has 122 valence electrons. The zero-order chi connectivity index (χ0) is 16.4. The number of aliphatic hydroxyl groups is 1. The van der Waals surface area contributed by atoms with Crippen LogP contribution < -0.4 is 10.1 Å². The second kappa shape index (κ2) is 6.37. The molecule has 2 aliphatic rings. The van der Waals surface area contributed by atoms with Crippen LogP contribution in [0, 0.1) is 0 Å². The molecule has 0 aromatic heterocycles. The Kier molecular flexibility index (Phi) is 4.29. The van der Waals surface area contributed by atoms with E-state index in [0.29, 0.717) is 30.8 Å². The van der Waals surface area contributed by atoms with Gasteiger partial charge in [-0.05, 0) is 18.6 Å². The first-order valence-corrected chi connectivity index (χ1v) is 7.62. The van der Waals surface area contributed by atoms with Crippen LogP contribution in [-0.2, 0) is 16.1 Å². The number of amides is 3. The summed E-state index contributed by atoms with van der Waals surface area (Å²) in [7, 11) is 0. The molecule has 0 aliphatic carbocycles. The quantitative estimate of drug-likeness (QED) is 0.597. The summed E-state index contributed by atoms with van der Waals surface area (Å²) in [5, 5.41) is 11.1. The number of piperidine rings is 1. The highest BCUT2D eigenvalue weighted by atomic mass is 16.5. The molecule has 1 fully saturated rings. The third-order valence-corrected chi connectivity index (χ3v) is 4.10. The van der Waals surface area contributed by atoms with Gasteiger partial charge in [0.2, 0.25) is 11.8 Å². The van der Waals surface area contributed by atoms with E-state index in [0.717, 1.165) is 5.56 Å². The number of nitrogens with zero attached hydrogens (tertiary/aromatic N) is 1. The molecule has 0 spiro atoms. The predicted octanol–water partition coefficient (Wildman–Crippen LogP) is 0.209. The number of hydrogen-bond acceptors (Lipinski definition) is 5. The summed E-state index contributed by atoms with van der Waals surface area (Å²) in [5.74, 6) is -0.352. The second-order valence-electron chi connectivity index (χ2n) is 5.61. The van der Waals surface area contributed by atoms with Gasteiger partial charge in [-0.2, -0.15) is 0 Å². The van der Waals surface area contributed by atoms with Crippen LogP contribution in [-0.4, -0.2) is 47.0 Å². The SMILES string of the molecule is O=C1CCC(N2Cc3c(OCCCO)cccc3C2=O)C(=O)N1. The Morgan fingerprint density at radius 3 is 2.87 bits per heavy atom. The van der Waals surface area contributed by atoms with E-state index in [4.69, 9.17) is 9.84 Å². The molecule has 0 saturated carbocycles. The highest BCUT2D eigenvalue weighted by Crippen LogP contribution is 2.33. The number of benzene rings is 1. The van der Waals surface area contributed by atoms with Crippen molar-refractivity contribution in [3.8, 4) is 5.75 Å². The molecule has 3 rings (SSSR count). The molecule has 0 radical (unpaired) electrons. The van der Waals surface area contributed by atoms with Crippen molar-refractivity contribution < 1.29 is 24.2 Å². The van der Waals surface area contributed by atoms with Crippen molar-refractivity contribution in [2.45, 2.75) is 31.8 Å². The lowest BCUT2D eigenvalue weighted by Crippen LogP contribution is -2.52. The van der Waals surface area contributed by atoms with Gasteiger partial charge in [0.1, 0.15) is 11.8 Å². The first kappa shape index (κ1) is 15.5. The summed E-state index contributed by atoms with van der Waals surface area (Å²) in [5.41, 5.74) is 1.27. The molecule has 7 nitrogen and oxygen atoms in total. The van der Waals surface area contributed by atoms with Gasteiger partial charge in [0.15, 0.2) is 0 Å². The lowest BCUT2D eigenvalue weighted by molar-refractivity contribution is -0.136. The molecule has 7 heteroatoms. The van der Waals surface area contributed by atoms with E-state index >= 15 is 0 Å². The highest BCUT2D eigenvalue weighted by molar-refractivity contribution is 6.05. The molecule has 1 aromatic carbocycles. The van der Waals surface area contributed by atoms with Gasteiger partial charge >= 0.3 is 0 Å². The molecule has 3 amide bonds. The van der Waals surface area contributed by atoms with E-state index < -0.39 is 11.9 Å². The van der Waals surface area contributed by atoms with Crippen LogP contribution in [0.5, 0.6) is 5.75 Å². The number of rotatable bonds is 5. The summed E-state index contributed by atoms with van der Waals surface area (Å²) in [6.07, 6.45) is 1.08. The van der Waals surface area contributed by atoms with Gasteiger partial charge < -0.3 is 14.7 Å². The maximum Gasteiger partial charge on any atom is 0.255 e. The fraction of sp³-hybridized carbons (Fsp3) is 0.438. The fourth-order valence-electron chi connectivity index (χ4n) is 2.94. The number of carbonyl (C=O) groups is 3. The maximum atomic E-state index is 12.6. The van der Waals surface area contributed by atoms with E-state index in [9.17, 15) is 14.4 Å². The van der Waals surface area contributed by atoms with E-state index in [1.807, 2.05) is 0 Å². The van der Waals surface area contributed by atoms with Crippen molar-refractivity contribution in [1.82, 2.24) is 10.2 Å². The third kappa shape index (κ3) is 2.92. The number of ether oxygens (including phenoxy) is 1. The Labute approximate surface area is 133 Å². The van der Waals surface area contributed by atoms with Crippen molar-refractivity contribution in [3.63, 3.8) is 0 Å². The average molecular weight is 318 g/mol. The maximum absolute atomic E-state index is 12.6. The lowest BCUT2D eigenvalue weighted by Gasteiger charge is -2.29. The first-order chi connectivity index (χ1) is 11.1. The molecule has 1 saturated heterocycles. The van der Waals surface area contributed by atoms with Gasteiger partial charge in [-0.1, -0.05) is 6.07 Å². The van der Waals surface area contributed by atoms with Crippen LogP contribution >= 0.6 is 0 Å². The van der Waals surface area contributed by atoms with E-state index in [-0.39, 0.29) is 31.4 Å². The van der Waals surface area contributed by atoms with Crippen LogP contribution in [0.1, 0.15) is 35.2 Å². The summed E-state index contributed by atoms with van der Waals surface area (Å²) in [6.45, 7) is 0.686. The van der Waals surface area contributed by atoms with Crippen molar-refractivity contribution in [1.29, 1.82) is 0 Å². The molecule has 23 heavy (non-hydrogen) atoms. The molecule has 2 heterocycles. The highest BCUT2D eigenvalue weighted by Gasteiger charge is 2.40. The van der Waals surface area contributed by atoms with Crippen LogP contribution in [0.2, 0.25) is 0 Å². The van der Waals surface area contributed by atoms with Crippen LogP contribution in [0.3, 0.4) is 0 Å². The second-order valence-corrected chi connectivity index (χ2v) is 5.61. The number of fused-ring (bicyclic) bond motifs is 1. The molecule has 1 atom stereocenters. The van der Waals surface area contributed by atoms with Gasteiger partial charge in [-0.15, -0.1) is 0 Å². The van der Waals surface area contributed by atoms with Gasteiger partial charge in [-0.25, -0.2) is 0 Å². The largest absolute Gasteiger partial charge is 0.493 e. The molecule has 2 aliphatic heterocycles. The summed E-state index contributed by atoms with van der Waals surface area (Å²) < 4.78 is 5.62. The smallest absolute Gasteiger partial charge is 0.255 e. The zero-order valence-corrected chi connectivity index (χ0v) is 12.6. The first-order valence-electron chi connectivity index (χ1n) is 7.62. The number of nitrogens with one attached hydrogen (secondary N) is 1. The normalized spacial score (nSPS) is 20.5. The van der Waals surface area contributed by atoms with Crippen LogP contribution in [0.4, 0.5) is 0 Å². The van der Waals surface area contributed by atoms with Gasteiger partial charge in [0, 0.05) is 30.6 Å². The number of aliphatic hydroxyl groups excluding tert-OH is 1. The molecule has 2 N–H and O–H groups in total. The topological polar surface area (TPSA) is 95.9 Å². The summed E-state index contributed by atoms with van der Waals surface area (Å²) in [6, 6.07) is 4.59. The van der Waals surface area contributed by atoms with Gasteiger partial charge in [-0.3, -0.25) is 19.7 Å². The van der Waals surface area contributed by atoms with Crippen molar-refractivity contribution in [2.24, 2.45) is 0 Å². The van der Waals surface area contributed by atoms with E-state index in [1.54, 1.807) is 18.2 Å². The minimum atomic E-state index is -0.627. The minimum Gasteiger partial charge on any atom is -0.493 e. The summed E-state index contributed by atoms with van der Waals surface area (Å²) in [4.78, 5) is 37.3. The molecular formula is C16H18N2O5. The average Bonchev–Trinajstić information content (AvgIpc) is 2.86. The lowest BCUT2D eigenvalue weighted by atomic mass is 10.0. The third-order valence-electron chi connectivity index (χ3n) is 4.10. The van der Waals surface area contributed by atoms with E-state index in [1.165, 1.54) is 4.90 Å². The Morgan fingerprint density at radius 2 is 2.13 bits per heavy atom.